The van der Waals surface area contributed by atoms with E-state index in [1.54, 1.807) is 16.7 Å². The fourth-order valence-electron chi connectivity index (χ4n) is 2.47. The van der Waals surface area contributed by atoms with Gasteiger partial charge < -0.3 is 10.3 Å². The third kappa shape index (κ3) is 3.29. The lowest BCUT2D eigenvalue weighted by atomic mass is 10.1. The normalized spacial score (nSPS) is 10.8. The number of carbonyl (C=O) groups excluding carboxylic acids is 1. The quantitative estimate of drug-likeness (QED) is 0.420. The van der Waals surface area contributed by atoms with Crippen molar-refractivity contribution in [2.24, 2.45) is 0 Å². The zero-order valence-corrected chi connectivity index (χ0v) is 14.6. The van der Waals surface area contributed by atoms with Crippen LogP contribution in [-0.2, 0) is 6.54 Å². The zero-order valence-electron chi connectivity index (χ0n) is 13.0. The number of carbonyl (C=O) groups is 1. The van der Waals surface area contributed by atoms with Gasteiger partial charge in [-0.05, 0) is 24.6 Å². The van der Waals surface area contributed by atoms with Crippen LogP contribution in [0.1, 0.15) is 29.0 Å². The number of fused-ring (bicyclic) bond motifs is 1. The maximum Gasteiger partial charge on any atom is 0.230 e. The van der Waals surface area contributed by atoms with E-state index in [-0.39, 0.29) is 28.0 Å². The molecule has 8 heteroatoms. The van der Waals surface area contributed by atoms with Crippen molar-refractivity contribution in [2.45, 2.75) is 19.4 Å². The molecule has 3 aromatic rings. The lowest BCUT2D eigenvalue weighted by Crippen LogP contribution is -2.13. The number of aromatic nitrogens is 4. The van der Waals surface area contributed by atoms with Gasteiger partial charge in [-0.25, -0.2) is 15.0 Å². The Kier molecular flexibility index (Phi) is 4.88. The molecule has 0 bridgehead atoms. The number of terminal acetylenes is 1. The molecule has 0 amide bonds. The summed E-state index contributed by atoms with van der Waals surface area (Å²) in [5.41, 5.74) is 6.97. The second-order valence-corrected chi connectivity index (χ2v) is 6.12. The number of hydrogen-bond acceptors (Lipinski definition) is 5. The van der Waals surface area contributed by atoms with Gasteiger partial charge in [-0.15, -0.1) is 12.3 Å². The first-order valence-corrected chi connectivity index (χ1v) is 8.18. The fraction of sp³-hybridized carbons (Fsp3) is 0.176. The summed E-state index contributed by atoms with van der Waals surface area (Å²) < 4.78 is 1.68. The van der Waals surface area contributed by atoms with Crippen molar-refractivity contribution in [2.75, 3.05) is 5.73 Å². The van der Waals surface area contributed by atoms with Gasteiger partial charge in [0.15, 0.2) is 22.8 Å². The average Bonchev–Trinajstić information content (AvgIpc) is 2.97. The average molecular weight is 374 g/mol. The van der Waals surface area contributed by atoms with Crippen LogP contribution in [0, 0.1) is 12.3 Å². The fourth-order valence-corrected chi connectivity index (χ4v) is 2.85. The van der Waals surface area contributed by atoms with Crippen molar-refractivity contribution >= 4 is 46.0 Å². The molecule has 0 aliphatic carbocycles. The number of rotatable bonds is 5. The highest BCUT2D eigenvalue weighted by Gasteiger charge is 2.23. The first kappa shape index (κ1) is 17.2. The number of nitrogens with zero attached hydrogens (tertiary/aromatic N) is 4. The van der Waals surface area contributed by atoms with Crippen molar-refractivity contribution in [3.8, 4) is 12.3 Å². The molecule has 3 rings (SSSR count). The van der Waals surface area contributed by atoms with Gasteiger partial charge in [0.1, 0.15) is 6.33 Å². The number of hydrogen-bond donors (Lipinski definition) is 1. The minimum Gasteiger partial charge on any atom is -0.382 e. The van der Waals surface area contributed by atoms with Gasteiger partial charge in [-0.2, -0.15) is 0 Å². The van der Waals surface area contributed by atoms with Crippen LogP contribution >= 0.6 is 23.2 Å². The van der Waals surface area contributed by atoms with E-state index in [2.05, 4.69) is 20.9 Å². The van der Waals surface area contributed by atoms with Gasteiger partial charge in [-0.1, -0.05) is 23.2 Å². The molecule has 2 N–H and O–H groups in total. The van der Waals surface area contributed by atoms with Crippen molar-refractivity contribution < 1.29 is 4.79 Å². The number of aryl methyl sites for hydroxylation is 1. The first-order chi connectivity index (χ1) is 12.0. The molecule has 6 nitrogen and oxygen atoms in total. The maximum atomic E-state index is 13.0. The highest BCUT2D eigenvalue weighted by Crippen LogP contribution is 2.26. The van der Waals surface area contributed by atoms with E-state index in [1.165, 1.54) is 12.4 Å². The molecule has 0 aliphatic rings. The maximum absolute atomic E-state index is 13.0. The smallest absolute Gasteiger partial charge is 0.230 e. The number of nitrogen functional groups attached to an aromatic ring is 1. The van der Waals surface area contributed by atoms with Gasteiger partial charge in [0.05, 0.1) is 5.02 Å². The van der Waals surface area contributed by atoms with Crippen LogP contribution in [-0.4, -0.2) is 25.3 Å². The SMILES string of the molecule is C#CCCCn1c(C(=O)c2cc(Cl)ccc2Cl)nc2c(N)ncnc21. The van der Waals surface area contributed by atoms with Crippen LogP contribution in [0.5, 0.6) is 0 Å². The third-order valence-corrected chi connectivity index (χ3v) is 4.20. The molecule has 1 aromatic carbocycles. The second kappa shape index (κ2) is 7.09. The minimum absolute atomic E-state index is 0.170. The first-order valence-electron chi connectivity index (χ1n) is 7.43. The molecule has 0 aliphatic heterocycles. The van der Waals surface area contributed by atoms with Gasteiger partial charge in [-0.3, -0.25) is 4.79 Å². The summed E-state index contributed by atoms with van der Waals surface area (Å²) in [7, 11) is 0. The molecule has 0 saturated carbocycles. The molecule has 25 heavy (non-hydrogen) atoms. The van der Waals surface area contributed by atoms with E-state index >= 15 is 0 Å². The van der Waals surface area contributed by atoms with Crippen molar-refractivity contribution in [1.29, 1.82) is 0 Å². The largest absolute Gasteiger partial charge is 0.382 e. The number of unbranched alkanes of at least 4 members (excludes halogenated alkanes) is 1. The van der Waals surface area contributed by atoms with Crippen molar-refractivity contribution in [1.82, 2.24) is 19.5 Å². The lowest BCUT2D eigenvalue weighted by molar-refractivity contribution is 0.102. The minimum atomic E-state index is -0.370. The van der Waals surface area contributed by atoms with E-state index < -0.39 is 0 Å². The summed E-state index contributed by atoms with van der Waals surface area (Å²) in [5, 5.41) is 0.692. The number of halogens is 2. The molecule has 2 aromatic heterocycles. The highest BCUT2D eigenvalue weighted by molar-refractivity contribution is 6.36. The number of imidazole rings is 1. The van der Waals surface area contributed by atoms with Crippen LogP contribution in [0.25, 0.3) is 11.2 Å². The van der Waals surface area contributed by atoms with Crippen LogP contribution < -0.4 is 5.73 Å². The van der Waals surface area contributed by atoms with Gasteiger partial charge in [0, 0.05) is 23.6 Å². The topological polar surface area (TPSA) is 86.7 Å². The standard InChI is InChI=1S/C17H13Cl2N5O/c1-2-3-4-7-24-16-13(15(20)21-9-22-16)23-17(24)14(25)11-8-10(18)5-6-12(11)19/h1,5-6,8-9H,3-4,7H2,(H2,20,21,22). The van der Waals surface area contributed by atoms with Crippen LogP contribution in [0.4, 0.5) is 5.82 Å². The Hall–Kier alpha value is -2.62. The third-order valence-electron chi connectivity index (χ3n) is 3.64. The molecular weight excluding hydrogens is 361 g/mol. The Bertz CT molecular complexity index is 1010. The number of anilines is 1. The number of ketones is 1. The Labute approximate surface area is 154 Å². The van der Waals surface area contributed by atoms with Gasteiger partial charge >= 0.3 is 0 Å². The summed E-state index contributed by atoms with van der Waals surface area (Å²) in [6.07, 6.45) is 7.87. The van der Waals surface area contributed by atoms with Crippen molar-refractivity contribution in [3.05, 3.63) is 46.0 Å². The number of nitrogens with two attached hydrogens (primary N) is 1. The molecule has 2 heterocycles. The molecule has 0 radical (unpaired) electrons. The molecule has 0 unspecified atom stereocenters. The molecule has 0 spiro atoms. The summed E-state index contributed by atoms with van der Waals surface area (Å²) >= 11 is 12.1. The summed E-state index contributed by atoms with van der Waals surface area (Å²) in [4.78, 5) is 25.5. The monoisotopic (exact) mass is 373 g/mol. The highest BCUT2D eigenvalue weighted by atomic mass is 35.5. The predicted molar refractivity (Wildman–Crippen MR) is 97.7 cm³/mol. The summed E-state index contributed by atoms with van der Waals surface area (Å²) in [5.74, 6) is 2.57. The Morgan fingerprint density at radius 3 is 2.88 bits per heavy atom. The molecule has 0 atom stereocenters. The molecular formula is C17H13Cl2N5O. The second-order valence-electron chi connectivity index (χ2n) is 5.28. The van der Waals surface area contributed by atoms with Crippen molar-refractivity contribution in [3.63, 3.8) is 0 Å². The van der Waals surface area contributed by atoms with Crippen LogP contribution in [0.2, 0.25) is 10.0 Å². The summed E-state index contributed by atoms with van der Waals surface area (Å²) in [6.45, 7) is 0.469. The van der Waals surface area contributed by atoms with Crippen LogP contribution in [0.15, 0.2) is 24.5 Å². The Morgan fingerprint density at radius 2 is 2.12 bits per heavy atom. The Morgan fingerprint density at radius 1 is 1.32 bits per heavy atom. The van der Waals surface area contributed by atoms with Gasteiger partial charge in [0.2, 0.25) is 5.78 Å². The van der Waals surface area contributed by atoms with Gasteiger partial charge in [0.25, 0.3) is 0 Å². The van der Waals surface area contributed by atoms with E-state index in [9.17, 15) is 4.79 Å². The Balaban J connectivity index is 2.15. The lowest BCUT2D eigenvalue weighted by Gasteiger charge is -2.08. The molecule has 0 fully saturated rings. The molecule has 0 saturated heterocycles. The van der Waals surface area contributed by atoms with E-state index in [1.807, 2.05) is 0 Å². The summed E-state index contributed by atoms with van der Waals surface area (Å²) in [6, 6.07) is 4.68. The van der Waals surface area contributed by atoms with E-state index in [4.69, 9.17) is 35.4 Å². The predicted octanol–water partition coefficient (Wildman–Crippen LogP) is 3.36. The molecule has 126 valence electrons. The van der Waals surface area contributed by atoms with E-state index in [0.717, 1.165) is 0 Å². The zero-order chi connectivity index (χ0) is 18.0. The van der Waals surface area contributed by atoms with E-state index in [0.29, 0.717) is 35.6 Å². The number of benzene rings is 1. The van der Waals surface area contributed by atoms with Crippen LogP contribution in [0.3, 0.4) is 0 Å².